The molecule has 0 saturated carbocycles. The van der Waals surface area contributed by atoms with Crippen LogP contribution >= 0.6 is 11.3 Å². The fraction of sp³-hybridized carbons (Fsp3) is 0.200. The predicted molar refractivity (Wildman–Crippen MR) is 86.3 cm³/mol. The molecule has 0 spiro atoms. The van der Waals surface area contributed by atoms with Crippen molar-refractivity contribution < 1.29 is 14.4 Å². The molecule has 7 nitrogen and oxygen atoms in total. The van der Waals surface area contributed by atoms with Crippen LogP contribution in [0.1, 0.15) is 23.2 Å². The van der Waals surface area contributed by atoms with E-state index in [-0.39, 0.29) is 30.6 Å². The minimum absolute atomic E-state index is 0.105. The molecule has 1 aliphatic rings. The topological polar surface area (TPSA) is 100 Å². The molecule has 3 rings (SSSR count). The lowest BCUT2D eigenvalue weighted by Gasteiger charge is -2.13. The van der Waals surface area contributed by atoms with E-state index in [9.17, 15) is 14.4 Å². The largest absolute Gasteiger partial charge is 0.340 e. The Morgan fingerprint density at radius 1 is 1.30 bits per heavy atom. The third-order valence-electron chi connectivity index (χ3n) is 3.39. The van der Waals surface area contributed by atoms with Crippen LogP contribution in [0.4, 0.5) is 10.8 Å². The SMILES string of the molecule is O=C(CCC1NC(=O)c2ccccc2NC1=O)Nc1nccs1. The Labute approximate surface area is 136 Å². The molecule has 1 unspecified atom stereocenters. The smallest absolute Gasteiger partial charge is 0.254 e. The molecule has 1 atom stereocenters. The van der Waals surface area contributed by atoms with Gasteiger partial charge in [-0.3, -0.25) is 14.4 Å². The first kappa shape index (κ1) is 15.2. The van der Waals surface area contributed by atoms with E-state index in [4.69, 9.17) is 0 Å². The molecule has 0 fully saturated rings. The van der Waals surface area contributed by atoms with Crippen molar-refractivity contribution in [3.63, 3.8) is 0 Å². The fourth-order valence-corrected chi connectivity index (χ4v) is 2.80. The van der Waals surface area contributed by atoms with Gasteiger partial charge in [-0.1, -0.05) is 12.1 Å². The average Bonchev–Trinajstić information content (AvgIpc) is 3.00. The number of carbonyl (C=O) groups is 3. The Hall–Kier alpha value is -2.74. The van der Waals surface area contributed by atoms with Crippen LogP contribution < -0.4 is 16.0 Å². The average molecular weight is 330 g/mol. The van der Waals surface area contributed by atoms with E-state index in [1.807, 2.05) is 0 Å². The third kappa shape index (κ3) is 3.54. The highest BCUT2D eigenvalue weighted by Gasteiger charge is 2.27. The molecule has 3 amide bonds. The summed E-state index contributed by atoms with van der Waals surface area (Å²) in [6, 6.07) is 6.03. The number of hydrogen-bond donors (Lipinski definition) is 3. The van der Waals surface area contributed by atoms with Gasteiger partial charge in [-0.25, -0.2) is 4.98 Å². The van der Waals surface area contributed by atoms with Crippen LogP contribution in [-0.2, 0) is 9.59 Å². The summed E-state index contributed by atoms with van der Waals surface area (Å²) in [6.45, 7) is 0. The number of rotatable bonds is 4. The zero-order valence-corrected chi connectivity index (χ0v) is 12.9. The van der Waals surface area contributed by atoms with Gasteiger partial charge in [0.1, 0.15) is 6.04 Å². The maximum atomic E-state index is 12.2. The van der Waals surface area contributed by atoms with E-state index in [2.05, 4.69) is 20.9 Å². The molecule has 1 aromatic heterocycles. The Morgan fingerprint density at radius 2 is 2.13 bits per heavy atom. The number of benzene rings is 1. The number of nitrogens with zero attached hydrogens (tertiary/aromatic N) is 1. The van der Waals surface area contributed by atoms with Crippen molar-refractivity contribution in [1.29, 1.82) is 0 Å². The van der Waals surface area contributed by atoms with Crippen molar-refractivity contribution in [2.24, 2.45) is 0 Å². The summed E-state index contributed by atoms with van der Waals surface area (Å²) >= 11 is 1.32. The van der Waals surface area contributed by atoms with Crippen LogP contribution in [0.15, 0.2) is 35.8 Å². The van der Waals surface area contributed by atoms with Gasteiger partial charge < -0.3 is 16.0 Å². The van der Waals surface area contributed by atoms with Gasteiger partial charge in [-0.2, -0.15) is 0 Å². The summed E-state index contributed by atoms with van der Waals surface area (Å²) in [5, 5.41) is 10.3. The highest BCUT2D eigenvalue weighted by molar-refractivity contribution is 7.13. The Balaban J connectivity index is 1.62. The molecular formula is C15H14N4O3S. The first-order valence-corrected chi connectivity index (χ1v) is 7.91. The number of nitrogens with one attached hydrogen (secondary N) is 3. The Morgan fingerprint density at radius 3 is 2.91 bits per heavy atom. The van der Waals surface area contributed by atoms with Crippen molar-refractivity contribution >= 4 is 39.9 Å². The fourth-order valence-electron chi connectivity index (χ4n) is 2.26. The first-order valence-electron chi connectivity index (χ1n) is 7.03. The number of aromatic nitrogens is 1. The van der Waals surface area contributed by atoms with Gasteiger partial charge in [0.25, 0.3) is 5.91 Å². The number of carbonyl (C=O) groups excluding carboxylic acids is 3. The second kappa shape index (κ2) is 6.57. The maximum absolute atomic E-state index is 12.2. The zero-order chi connectivity index (χ0) is 16.2. The van der Waals surface area contributed by atoms with Crippen LogP contribution in [0.5, 0.6) is 0 Å². The standard InChI is InChI=1S/C15H14N4O3S/c20-12(19-15-16-7-8-23-15)6-5-11-14(22)17-10-4-2-1-3-9(10)13(21)18-11/h1-4,7-8,11H,5-6H2,(H,17,22)(H,18,21)(H,16,19,20). The summed E-state index contributed by atoms with van der Waals surface area (Å²) in [6.07, 6.45) is 1.91. The second-order valence-corrected chi connectivity index (χ2v) is 5.88. The highest BCUT2D eigenvalue weighted by Crippen LogP contribution is 2.19. The van der Waals surface area contributed by atoms with Crippen LogP contribution in [0.2, 0.25) is 0 Å². The molecule has 1 aliphatic heterocycles. The molecule has 2 aromatic rings. The van der Waals surface area contributed by atoms with E-state index in [1.165, 1.54) is 11.3 Å². The number of para-hydroxylation sites is 1. The Bertz CT molecular complexity index is 745. The van der Waals surface area contributed by atoms with Gasteiger partial charge in [0, 0.05) is 18.0 Å². The van der Waals surface area contributed by atoms with Crippen molar-refractivity contribution in [2.45, 2.75) is 18.9 Å². The van der Waals surface area contributed by atoms with E-state index >= 15 is 0 Å². The summed E-state index contributed by atoms with van der Waals surface area (Å²) in [5.41, 5.74) is 0.889. The number of amides is 3. The van der Waals surface area contributed by atoms with Gasteiger partial charge in [0.2, 0.25) is 11.8 Å². The minimum Gasteiger partial charge on any atom is -0.340 e. The summed E-state index contributed by atoms with van der Waals surface area (Å²) < 4.78 is 0. The molecule has 2 heterocycles. The van der Waals surface area contributed by atoms with Crippen LogP contribution in [0.25, 0.3) is 0 Å². The lowest BCUT2D eigenvalue weighted by atomic mass is 10.1. The van der Waals surface area contributed by atoms with Crippen LogP contribution in [0, 0.1) is 0 Å². The van der Waals surface area contributed by atoms with Crippen molar-refractivity contribution in [3.05, 3.63) is 41.4 Å². The van der Waals surface area contributed by atoms with Crippen LogP contribution in [0.3, 0.4) is 0 Å². The monoisotopic (exact) mass is 330 g/mol. The predicted octanol–water partition coefficient (Wildman–Crippen LogP) is 1.61. The number of hydrogen-bond acceptors (Lipinski definition) is 5. The number of thiazole rings is 1. The van der Waals surface area contributed by atoms with Gasteiger partial charge in [-0.05, 0) is 18.6 Å². The molecule has 0 radical (unpaired) electrons. The number of fused-ring (bicyclic) bond motifs is 1. The summed E-state index contributed by atoms with van der Waals surface area (Å²) in [5.74, 6) is -0.904. The minimum atomic E-state index is -0.753. The third-order valence-corrected chi connectivity index (χ3v) is 4.08. The summed E-state index contributed by atoms with van der Waals surface area (Å²) in [7, 11) is 0. The van der Waals surface area contributed by atoms with E-state index < -0.39 is 6.04 Å². The molecular weight excluding hydrogens is 316 g/mol. The normalized spacial score (nSPS) is 16.8. The molecule has 118 valence electrons. The number of anilines is 2. The molecule has 0 bridgehead atoms. The molecule has 3 N–H and O–H groups in total. The van der Waals surface area contributed by atoms with Gasteiger partial charge in [0.15, 0.2) is 5.13 Å². The van der Waals surface area contributed by atoms with Gasteiger partial charge in [0.05, 0.1) is 11.3 Å². The van der Waals surface area contributed by atoms with Crippen molar-refractivity contribution in [3.8, 4) is 0 Å². The molecule has 0 saturated heterocycles. The lowest BCUT2D eigenvalue weighted by Crippen LogP contribution is -2.41. The lowest BCUT2D eigenvalue weighted by molar-refractivity contribution is -0.118. The maximum Gasteiger partial charge on any atom is 0.254 e. The van der Waals surface area contributed by atoms with E-state index in [0.717, 1.165) is 0 Å². The summed E-state index contributed by atoms with van der Waals surface area (Å²) in [4.78, 5) is 40.1. The van der Waals surface area contributed by atoms with Gasteiger partial charge in [-0.15, -0.1) is 11.3 Å². The second-order valence-electron chi connectivity index (χ2n) is 4.98. The molecule has 1 aromatic carbocycles. The van der Waals surface area contributed by atoms with E-state index in [1.54, 1.807) is 35.8 Å². The quantitative estimate of drug-likeness (QED) is 0.793. The zero-order valence-electron chi connectivity index (χ0n) is 12.0. The van der Waals surface area contributed by atoms with Gasteiger partial charge >= 0.3 is 0 Å². The van der Waals surface area contributed by atoms with Crippen molar-refractivity contribution in [1.82, 2.24) is 10.3 Å². The first-order chi connectivity index (χ1) is 11.1. The Kier molecular flexibility index (Phi) is 4.33. The van der Waals surface area contributed by atoms with Crippen LogP contribution in [-0.4, -0.2) is 28.7 Å². The molecule has 0 aliphatic carbocycles. The highest BCUT2D eigenvalue weighted by atomic mass is 32.1. The van der Waals surface area contributed by atoms with E-state index in [0.29, 0.717) is 16.4 Å². The van der Waals surface area contributed by atoms with Crippen molar-refractivity contribution in [2.75, 3.05) is 10.6 Å². The molecule has 23 heavy (non-hydrogen) atoms. The molecule has 8 heteroatoms.